The number of fused-ring (bicyclic) bond motifs is 1. The molecule has 1 aliphatic rings. The zero-order valence-electron chi connectivity index (χ0n) is 21.5. The van der Waals surface area contributed by atoms with Crippen LogP contribution in [-0.2, 0) is 4.79 Å². The van der Waals surface area contributed by atoms with Gasteiger partial charge in [0.15, 0.2) is 5.78 Å². The fourth-order valence-electron chi connectivity index (χ4n) is 5.41. The predicted molar refractivity (Wildman–Crippen MR) is 143 cm³/mol. The molecule has 5 rings (SSSR count). The van der Waals surface area contributed by atoms with Gasteiger partial charge in [0.25, 0.3) is 0 Å². The Bertz CT molecular complexity index is 1460. The van der Waals surface area contributed by atoms with E-state index in [1.807, 2.05) is 80.9 Å². The second kappa shape index (κ2) is 9.77. The summed E-state index contributed by atoms with van der Waals surface area (Å²) in [6, 6.07) is 23.2. The van der Waals surface area contributed by atoms with E-state index in [0.29, 0.717) is 11.4 Å². The molecular weight excluding hydrogens is 465 g/mol. The number of aromatic nitrogens is 2. The van der Waals surface area contributed by atoms with Gasteiger partial charge < -0.3 is 0 Å². The van der Waals surface area contributed by atoms with Gasteiger partial charge >= 0.3 is 0 Å². The molecule has 0 N–H and O–H groups in total. The molecule has 4 aromatic rings. The summed E-state index contributed by atoms with van der Waals surface area (Å²) >= 11 is 0. The molecule has 0 saturated carbocycles. The Balaban J connectivity index is 1.71. The average molecular weight is 496 g/mol. The van der Waals surface area contributed by atoms with Crippen molar-refractivity contribution >= 4 is 17.5 Å². The van der Waals surface area contributed by atoms with Gasteiger partial charge in [0.1, 0.15) is 11.6 Å². The minimum absolute atomic E-state index is 0.0446. The average Bonchev–Trinajstić information content (AvgIpc) is 3.21. The highest BCUT2D eigenvalue weighted by Gasteiger charge is 2.46. The van der Waals surface area contributed by atoms with E-state index < -0.39 is 11.8 Å². The number of aryl methyl sites for hydroxylation is 2. The van der Waals surface area contributed by atoms with Gasteiger partial charge in [-0.2, -0.15) is 5.10 Å². The summed E-state index contributed by atoms with van der Waals surface area (Å²) in [5.41, 5.74) is 4.88. The molecule has 188 valence electrons. The Morgan fingerprint density at radius 2 is 1.68 bits per heavy atom. The maximum atomic E-state index is 14.3. The standard InChI is InChI=1S/C31H30FN3O2/c1-19(2)34-30-28(21(4)33-35(30)25-11-6-5-7-12-25)29(22-13-15-24(32)16-14-22)26(31(34)37)18-27(36)23-10-8-9-20(3)17-23/h5-17,19,26,29H,18H2,1-4H3/t26-,29+/m0/s1. The summed E-state index contributed by atoms with van der Waals surface area (Å²) in [5, 5.41) is 4.87. The summed E-state index contributed by atoms with van der Waals surface area (Å²) in [7, 11) is 0. The molecule has 3 aromatic carbocycles. The molecule has 0 fully saturated rings. The Labute approximate surface area is 216 Å². The Kier molecular flexibility index (Phi) is 6.50. The van der Waals surface area contributed by atoms with Gasteiger partial charge in [-0.3, -0.25) is 14.5 Å². The number of nitrogens with zero attached hydrogens (tertiary/aromatic N) is 3. The summed E-state index contributed by atoms with van der Waals surface area (Å²) in [4.78, 5) is 29.5. The maximum absolute atomic E-state index is 14.3. The van der Waals surface area contributed by atoms with Crippen molar-refractivity contribution in [1.29, 1.82) is 0 Å². The molecular formula is C31H30FN3O2. The van der Waals surface area contributed by atoms with E-state index in [9.17, 15) is 14.0 Å². The third-order valence-corrected chi connectivity index (χ3v) is 7.07. The van der Waals surface area contributed by atoms with Crippen LogP contribution in [0.4, 0.5) is 10.2 Å². The van der Waals surface area contributed by atoms with Gasteiger partial charge in [0.05, 0.1) is 17.3 Å². The lowest BCUT2D eigenvalue weighted by Gasteiger charge is -2.40. The van der Waals surface area contributed by atoms with Crippen molar-refractivity contribution in [2.24, 2.45) is 5.92 Å². The van der Waals surface area contributed by atoms with Crippen LogP contribution in [0.2, 0.25) is 0 Å². The molecule has 0 aliphatic carbocycles. The number of ketones is 1. The van der Waals surface area contributed by atoms with E-state index in [1.165, 1.54) is 12.1 Å². The van der Waals surface area contributed by atoms with Crippen molar-refractivity contribution in [3.05, 3.63) is 113 Å². The molecule has 0 bridgehead atoms. The number of halogens is 1. The molecule has 2 atom stereocenters. The lowest BCUT2D eigenvalue weighted by molar-refractivity contribution is -0.123. The molecule has 2 heterocycles. The quantitative estimate of drug-likeness (QED) is 0.291. The van der Waals surface area contributed by atoms with Crippen LogP contribution in [0.25, 0.3) is 5.69 Å². The Morgan fingerprint density at radius 3 is 2.32 bits per heavy atom. The van der Waals surface area contributed by atoms with Crippen molar-refractivity contribution < 1.29 is 14.0 Å². The summed E-state index contributed by atoms with van der Waals surface area (Å²) < 4.78 is 15.7. The van der Waals surface area contributed by atoms with Crippen LogP contribution >= 0.6 is 0 Å². The number of hydrogen-bond donors (Lipinski definition) is 0. The number of amides is 1. The molecule has 5 nitrogen and oxygen atoms in total. The maximum Gasteiger partial charge on any atom is 0.232 e. The van der Waals surface area contributed by atoms with E-state index >= 15 is 0 Å². The Hall–Kier alpha value is -4.06. The first-order valence-electron chi connectivity index (χ1n) is 12.6. The van der Waals surface area contributed by atoms with Crippen molar-refractivity contribution in [1.82, 2.24) is 9.78 Å². The first-order chi connectivity index (χ1) is 17.8. The van der Waals surface area contributed by atoms with Crippen molar-refractivity contribution in [3.63, 3.8) is 0 Å². The molecule has 0 saturated heterocycles. The van der Waals surface area contributed by atoms with Gasteiger partial charge in [0, 0.05) is 29.5 Å². The number of carbonyl (C=O) groups is 2. The minimum atomic E-state index is -0.652. The number of benzene rings is 3. The second-order valence-corrected chi connectivity index (χ2v) is 10.0. The van der Waals surface area contributed by atoms with Gasteiger partial charge in [-0.15, -0.1) is 0 Å². The van der Waals surface area contributed by atoms with E-state index in [4.69, 9.17) is 5.10 Å². The first kappa shape index (κ1) is 24.6. The number of carbonyl (C=O) groups excluding carboxylic acids is 2. The lowest BCUT2D eigenvalue weighted by atomic mass is 9.74. The molecule has 0 radical (unpaired) electrons. The van der Waals surface area contributed by atoms with Crippen LogP contribution in [0.15, 0.2) is 78.9 Å². The fourth-order valence-corrected chi connectivity index (χ4v) is 5.41. The number of Topliss-reactive ketones (excluding diaryl/α,β-unsaturated/α-hetero) is 1. The van der Waals surface area contributed by atoms with Gasteiger partial charge in [-0.05, 0) is 63.6 Å². The van der Waals surface area contributed by atoms with Gasteiger partial charge in [-0.1, -0.05) is 54.1 Å². The monoisotopic (exact) mass is 495 g/mol. The Morgan fingerprint density at radius 1 is 0.973 bits per heavy atom. The van der Waals surface area contributed by atoms with E-state index in [1.54, 1.807) is 23.1 Å². The molecule has 0 spiro atoms. The summed E-state index contributed by atoms with van der Waals surface area (Å²) in [6.45, 7) is 7.81. The molecule has 6 heteroatoms. The van der Waals surface area contributed by atoms with Crippen LogP contribution < -0.4 is 4.90 Å². The number of hydrogen-bond acceptors (Lipinski definition) is 3. The van der Waals surface area contributed by atoms with Crippen molar-refractivity contribution in [2.75, 3.05) is 4.90 Å². The smallest absolute Gasteiger partial charge is 0.232 e. The molecule has 1 aromatic heterocycles. The third-order valence-electron chi connectivity index (χ3n) is 7.07. The highest BCUT2D eigenvalue weighted by molar-refractivity contribution is 6.04. The second-order valence-electron chi connectivity index (χ2n) is 10.0. The van der Waals surface area contributed by atoms with Crippen LogP contribution in [0.3, 0.4) is 0 Å². The number of rotatable bonds is 6. The van der Waals surface area contributed by atoms with Crippen molar-refractivity contribution in [3.8, 4) is 5.69 Å². The highest BCUT2D eigenvalue weighted by atomic mass is 19.1. The van der Waals surface area contributed by atoms with Crippen LogP contribution in [-0.4, -0.2) is 27.5 Å². The minimum Gasteiger partial charge on any atom is -0.294 e. The van der Waals surface area contributed by atoms with Crippen LogP contribution in [0.1, 0.15) is 58.9 Å². The molecule has 1 amide bonds. The summed E-state index contributed by atoms with van der Waals surface area (Å²) in [6.07, 6.45) is 0.0446. The topological polar surface area (TPSA) is 55.2 Å². The van der Waals surface area contributed by atoms with E-state index in [0.717, 1.165) is 28.1 Å². The predicted octanol–water partition coefficient (Wildman–Crippen LogP) is 6.40. The third kappa shape index (κ3) is 4.48. The van der Waals surface area contributed by atoms with Crippen molar-refractivity contribution in [2.45, 2.75) is 46.1 Å². The zero-order valence-corrected chi connectivity index (χ0v) is 21.5. The largest absolute Gasteiger partial charge is 0.294 e. The number of anilines is 1. The first-order valence-corrected chi connectivity index (χ1v) is 12.6. The van der Waals surface area contributed by atoms with Crippen LogP contribution in [0, 0.1) is 25.6 Å². The summed E-state index contributed by atoms with van der Waals surface area (Å²) in [5.74, 6) is -0.953. The highest BCUT2D eigenvalue weighted by Crippen LogP contribution is 2.48. The zero-order chi connectivity index (χ0) is 26.3. The normalized spacial score (nSPS) is 17.2. The van der Waals surface area contributed by atoms with E-state index in [2.05, 4.69) is 0 Å². The molecule has 1 aliphatic heterocycles. The lowest BCUT2D eigenvalue weighted by Crippen LogP contribution is -2.48. The number of para-hydroxylation sites is 1. The van der Waals surface area contributed by atoms with E-state index in [-0.39, 0.29) is 30.0 Å². The molecule has 0 unspecified atom stereocenters. The van der Waals surface area contributed by atoms with Gasteiger partial charge in [0.2, 0.25) is 5.91 Å². The van der Waals surface area contributed by atoms with Crippen LogP contribution in [0.5, 0.6) is 0 Å². The molecule has 37 heavy (non-hydrogen) atoms. The van der Waals surface area contributed by atoms with Gasteiger partial charge in [-0.25, -0.2) is 9.07 Å². The fraction of sp³-hybridized carbons (Fsp3) is 0.258. The SMILES string of the molecule is Cc1cccc(C(=O)C[C@@H]2C(=O)N(C(C)C)c3c(c(C)nn3-c3ccccc3)[C@@H]2c2ccc(F)cc2)c1.